The van der Waals surface area contributed by atoms with Crippen LogP contribution in [-0.4, -0.2) is 34.5 Å². The minimum atomic E-state index is -1.02. The maximum atomic E-state index is 12.9. The van der Waals surface area contributed by atoms with Crippen LogP contribution in [0.25, 0.3) is 0 Å². The Morgan fingerprint density at radius 3 is 2.45 bits per heavy atom. The standard InChI is InChI=1S/C22H23Cl2NO4/c1-3-4-18(22(27)28)25-19(26)12-29-21(17-10-9-16(24)11-13(17)2)20(25)14-5-7-15(23)8-6-14/h5-11,18,20-21H,3-4,12H2,1-2H3,(H,27,28)/t18-,20+,21-/m1/s1. The second-order valence-corrected chi connectivity index (χ2v) is 8.05. The van der Waals surface area contributed by atoms with Crippen LogP contribution in [-0.2, 0) is 14.3 Å². The van der Waals surface area contributed by atoms with Gasteiger partial charge in [-0.3, -0.25) is 4.79 Å². The van der Waals surface area contributed by atoms with E-state index in [2.05, 4.69) is 0 Å². The van der Waals surface area contributed by atoms with Crippen molar-refractivity contribution in [2.75, 3.05) is 6.61 Å². The number of carboxylic acids is 1. The number of hydrogen-bond donors (Lipinski definition) is 1. The molecule has 1 N–H and O–H groups in total. The second-order valence-electron chi connectivity index (χ2n) is 7.17. The normalized spacial score (nSPS) is 20.6. The van der Waals surface area contributed by atoms with Gasteiger partial charge >= 0.3 is 5.97 Å². The first-order valence-electron chi connectivity index (χ1n) is 9.50. The highest BCUT2D eigenvalue weighted by Crippen LogP contribution is 2.43. The molecule has 154 valence electrons. The third-order valence-electron chi connectivity index (χ3n) is 5.19. The number of benzene rings is 2. The van der Waals surface area contributed by atoms with E-state index in [0.29, 0.717) is 22.9 Å². The third kappa shape index (κ3) is 4.58. The van der Waals surface area contributed by atoms with Crippen molar-refractivity contribution in [1.29, 1.82) is 0 Å². The van der Waals surface area contributed by atoms with E-state index in [1.165, 1.54) is 4.90 Å². The van der Waals surface area contributed by atoms with Gasteiger partial charge in [0.1, 0.15) is 18.8 Å². The Morgan fingerprint density at radius 1 is 1.21 bits per heavy atom. The molecule has 3 rings (SSSR count). The Bertz CT molecular complexity index is 900. The molecular weight excluding hydrogens is 413 g/mol. The zero-order valence-electron chi connectivity index (χ0n) is 16.3. The van der Waals surface area contributed by atoms with E-state index in [9.17, 15) is 14.7 Å². The van der Waals surface area contributed by atoms with Gasteiger partial charge in [0.25, 0.3) is 0 Å². The lowest BCUT2D eigenvalue weighted by Gasteiger charge is -2.44. The fourth-order valence-electron chi connectivity index (χ4n) is 3.86. The second kappa shape index (κ2) is 9.16. The van der Waals surface area contributed by atoms with E-state index in [4.69, 9.17) is 27.9 Å². The maximum absolute atomic E-state index is 12.9. The first kappa shape index (κ1) is 21.6. The number of amides is 1. The molecule has 1 saturated heterocycles. The van der Waals surface area contributed by atoms with Crippen LogP contribution in [0.2, 0.25) is 10.0 Å². The number of aliphatic carboxylic acids is 1. The number of nitrogens with zero attached hydrogens (tertiary/aromatic N) is 1. The van der Waals surface area contributed by atoms with Crippen molar-refractivity contribution in [1.82, 2.24) is 4.90 Å². The number of carbonyl (C=O) groups is 2. The highest BCUT2D eigenvalue weighted by atomic mass is 35.5. The summed E-state index contributed by atoms with van der Waals surface area (Å²) in [4.78, 5) is 26.4. The molecule has 3 atom stereocenters. The van der Waals surface area contributed by atoms with Crippen LogP contribution >= 0.6 is 23.2 Å². The molecule has 1 aliphatic heterocycles. The van der Waals surface area contributed by atoms with Crippen LogP contribution in [0, 0.1) is 6.92 Å². The first-order chi connectivity index (χ1) is 13.8. The van der Waals surface area contributed by atoms with Crippen LogP contribution in [0.4, 0.5) is 0 Å². The smallest absolute Gasteiger partial charge is 0.326 e. The molecule has 0 unspecified atom stereocenters. The van der Waals surface area contributed by atoms with Crippen molar-refractivity contribution in [3.63, 3.8) is 0 Å². The molecule has 1 fully saturated rings. The summed E-state index contributed by atoms with van der Waals surface area (Å²) in [6.45, 7) is 3.65. The van der Waals surface area contributed by atoms with Crippen LogP contribution in [0.1, 0.15) is 48.6 Å². The van der Waals surface area contributed by atoms with Crippen molar-refractivity contribution in [2.45, 2.75) is 44.9 Å². The monoisotopic (exact) mass is 435 g/mol. The number of halogens is 2. The minimum Gasteiger partial charge on any atom is -0.480 e. The fourth-order valence-corrected chi connectivity index (χ4v) is 4.22. The van der Waals surface area contributed by atoms with Gasteiger partial charge in [-0.05, 0) is 54.3 Å². The zero-order valence-corrected chi connectivity index (χ0v) is 17.8. The van der Waals surface area contributed by atoms with E-state index < -0.39 is 24.2 Å². The van der Waals surface area contributed by atoms with E-state index in [1.54, 1.807) is 18.2 Å². The summed E-state index contributed by atoms with van der Waals surface area (Å²) in [6, 6.07) is 11.0. The van der Waals surface area contributed by atoms with Crippen molar-refractivity contribution in [3.05, 3.63) is 69.2 Å². The summed E-state index contributed by atoms with van der Waals surface area (Å²) in [5.74, 6) is -1.36. The summed E-state index contributed by atoms with van der Waals surface area (Å²) in [5.41, 5.74) is 2.55. The van der Waals surface area contributed by atoms with Crippen LogP contribution in [0.5, 0.6) is 0 Å². The van der Waals surface area contributed by atoms with Crippen molar-refractivity contribution in [3.8, 4) is 0 Å². The average Bonchev–Trinajstić information content (AvgIpc) is 2.67. The molecule has 0 aromatic heterocycles. The summed E-state index contributed by atoms with van der Waals surface area (Å²) >= 11 is 12.2. The van der Waals surface area contributed by atoms with Gasteiger partial charge in [-0.25, -0.2) is 4.79 Å². The zero-order chi connectivity index (χ0) is 21.1. The Labute approximate surface area is 180 Å². The van der Waals surface area contributed by atoms with E-state index >= 15 is 0 Å². The average molecular weight is 436 g/mol. The van der Waals surface area contributed by atoms with Crippen LogP contribution in [0.3, 0.4) is 0 Å². The van der Waals surface area contributed by atoms with Crippen molar-refractivity contribution in [2.24, 2.45) is 0 Å². The van der Waals surface area contributed by atoms with Gasteiger partial charge in [-0.15, -0.1) is 0 Å². The quantitative estimate of drug-likeness (QED) is 0.676. The summed E-state index contributed by atoms with van der Waals surface area (Å²) in [7, 11) is 0. The van der Waals surface area contributed by atoms with Gasteiger partial charge in [-0.1, -0.05) is 54.7 Å². The van der Waals surface area contributed by atoms with Gasteiger partial charge in [0, 0.05) is 10.0 Å². The molecular formula is C22H23Cl2NO4. The molecule has 5 nitrogen and oxygen atoms in total. The summed E-state index contributed by atoms with van der Waals surface area (Å²) < 4.78 is 5.97. The van der Waals surface area contributed by atoms with Gasteiger partial charge in [0.2, 0.25) is 5.91 Å². The number of ether oxygens (including phenoxy) is 1. The highest BCUT2D eigenvalue weighted by molar-refractivity contribution is 6.30. The Morgan fingerprint density at radius 2 is 1.86 bits per heavy atom. The molecule has 0 spiro atoms. The number of rotatable bonds is 6. The van der Waals surface area contributed by atoms with Gasteiger partial charge in [0.05, 0.1) is 6.04 Å². The number of hydrogen-bond acceptors (Lipinski definition) is 3. The van der Waals surface area contributed by atoms with Crippen molar-refractivity contribution < 1.29 is 19.4 Å². The first-order valence-corrected chi connectivity index (χ1v) is 10.3. The molecule has 1 amide bonds. The molecule has 0 saturated carbocycles. The molecule has 1 aliphatic rings. The lowest BCUT2D eigenvalue weighted by molar-refractivity contribution is -0.171. The Kier molecular flexibility index (Phi) is 6.83. The largest absolute Gasteiger partial charge is 0.480 e. The summed E-state index contributed by atoms with van der Waals surface area (Å²) in [6.07, 6.45) is 0.474. The predicted molar refractivity (Wildman–Crippen MR) is 112 cm³/mol. The maximum Gasteiger partial charge on any atom is 0.326 e. The van der Waals surface area contributed by atoms with E-state index in [-0.39, 0.29) is 12.5 Å². The molecule has 0 aliphatic carbocycles. The van der Waals surface area contributed by atoms with E-state index in [0.717, 1.165) is 16.7 Å². The van der Waals surface area contributed by atoms with Gasteiger partial charge in [0.15, 0.2) is 0 Å². The van der Waals surface area contributed by atoms with Gasteiger partial charge in [-0.2, -0.15) is 0 Å². The van der Waals surface area contributed by atoms with Gasteiger partial charge < -0.3 is 14.7 Å². The predicted octanol–water partition coefficient (Wildman–Crippen LogP) is 5.20. The molecule has 2 aromatic carbocycles. The van der Waals surface area contributed by atoms with Crippen molar-refractivity contribution >= 4 is 35.1 Å². The Balaban J connectivity index is 2.15. The fraction of sp³-hybridized carbons (Fsp3) is 0.364. The number of carboxylic acid groups (broad SMARTS) is 1. The number of morpholine rings is 1. The molecule has 0 radical (unpaired) electrons. The van der Waals surface area contributed by atoms with Crippen LogP contribution < -0.4 is 0 Å². The summed E-state index contributed by atoms with van der Waals surface area (Å²) in [5, 5.41) is 11.0. The van der Waals surface area contributed by atoms with Crippen LogP contribution in [0.15, 0.2) is 42.5 Å². The lowest BCUT2D eigenvalue weighted by atomic mass is 9.89. The molecule has 7 heteroatoms. The molecule has 0 bridgehead atoms. The molecule has 2 aromatic rings. The Hall–Kier alpha value is -2.08. The lowest BCUT2D eigenvalue weighted by Crippen LogP contribution is -2.53. The van der Waals surface area contributed by atoms with E-state index in [1.807, 2.05) is 38.1 Å². The highest BCUT2D eigenvalue weighted by Gasteiger charge is 2.44. The topological polar surface area (TPSA) is 66.8 Å². The number of carbonyl (C=O) groups excluding carboxylic acids is 1. The SMILES string of the molecule is CCC[C@H](C(=O)O)N1C(=O)CO[C@H](c2ccc(Cl)cc2C)[C@@H]1c1ccc(Cl)cc1. The molecule has 29 heavy (non-hydrogen) atoms. The molecule has 1 heterocycles. The minimum absolute atomic E-state index is 0.176. The third-order valence-corrected chi connectivity index (χ3v) is 5.68. The number of aryl methyl sites for hydroxylation is 1.